The fourth-order valence-corrected chi connectivity index (χ4v) is 1.24. The Morgan fingerprint density at radius 2 is 2.56 bits per heavy atom. The van der Waals surface area contributed by atoms with Crippen molar-refractivity contribution in [1.82, 2.24) is 15.2 Å². The van der Waals surface area contributed by atoms with E-state index < -0.39 is 6.09 Å². The lowest BCUT2D eigenvalue weighted by molar-refractivity contribution is 0.174. The van der Waals surface area contributed by atoms with Gasteiger partial charge in [0, 0.05) is 6.20 Å². The van der Waals surface area contributed by atoms with Crippen molar-refractivity contribution in [3.05, 3.63) is 31.1 Å². The van der Waals surface area contributed by atoms with Gasteiger partial charge in [-0.15, -0.1) is 0 Å². The summed E-state index contributed by atoms with van der Waals surface area (Å²) in [6, 6.07) is 1.66. The van der Waals surface area contributed by atoms with Crippen molar-refractivity contribution in [2.24, 2.45) is 0 Å². The second kappa shape index (κ2) is 4.43. The van der Waals surface area contributed by atoms with Gasteiger partial charge in [0.25, 0.3) is 0 Å². The predicted octanol–water partition coefficient (Wildman–Crippen LogP) is 1.69. The van der Waals surface area contributed by atoms with Crippen LogP contribution < -0.4 is 5.32 Å². The fraction of sp³-hybridized carbons (Fsp3) is 0.100. The molecule has 6 nitrogen and oxygen atoms in total. The van der Waals surface area contributed by atoms with E-state index in [2.05, 4.69) is 27.1 Å². The molecule has 2 aromatic rings. The molecule has 0 bridgehead atoms. The number of fused-ring (bicyclic) bond motifs is 1. The van der Waals surface area contributed by atoms with Crippen LogP contribution in [-0.2, 0) is 4.74 Å². The first-order valence-electron chi connectivity index (χ1n) is 4.64. The van der Waals surface area contributed by atoms with Crippen LogP contribution in [0.1, 0.15) is 0 Å². The Morgan fingerprint density at radius 3 is 3.38 bits per heavy atom. The lowest BCUT2D eigenvalue weighted by Gasteiger charge is -2.05. The molecule has 0 fully saturated rings. The summed E-state index contributed by atoms with van der Waals surface area (Å²) in [7, 11) is 0. The molecule has 82 valence electrons. The summed E-state index contributed by atoms with van der Waals surface area (Å²) in [6.07, 6.45) is 4.12. The summed E-state index contributed by atoms with van der Waals surface area (Å²) >= 11 is 0. The number of nitrogens with zero attached hydrogens (tertiary/aromatic N) is 2. The van der Waals surface area contributed by atoms with Crippen molar-refractivity contribution >= 4 is 22.8 Å². The molecule has 0 saturated carbocycles. The molecule has 0 aromatic carbocycles. The van der Waals surface area contributed by atoms with E-state index in [0.29, 0.717) is 16.7 Å². The van der Waals surface area contributed by atoms with E-state index in [4.69, 9.17) is 4.74 Å². The number of anilines is 1. The van der Waals surface area contributed by atoms with Gasteiger partial charge in [-0.25, -0.2) is 4.79 Å². The van der Waals surface area contributed by atoms with Crippen molar-refractivity contribution in [3.63, 3.8) is 0 Å². The molecule has 6 heteroatoms. The number of hydrogen-bond acceptors (Lipinski definition) is 4. The third-order valence-corrected chi connectivity index (χ3v) is 1.91. The van der Waals surface area contributed by atoms with E-state index in [0.717, 1.165) is 0 Å². The summed E-state index contributed by atoms with van der Waals surface area (Å²) in [5, 5.41) is 9.17. The topological polar surface area (TPSA) is 79.9 Å². The molecule has 0 aliphatic rings. The van der Waals surface area contributed by atoms with Crippen LogP contribution >= 0.6 is 0 Å². The summed E-state index contributed by atoms with van der Waals surface area (Å²) in [5.41, 5.74) is 1.93. The minimum Gasteiger partial charge on any atom is -0.445 e. The van der Waals surface area contributed by atoms with Gasteiger partial charge in [-0.3, -0.25) is 15.4 Å². The Bertz CT molecular complexity index is 520. The Balaban J connectivity index is 2.17. The molecule has 0 radical (unpaired) electrons. The van der Waals surface area contributed by atoms with E-state index >= 15 is 0 Å². The van der Waals surface area contributed by atoms with Crippen LogP contribution in [0.15, 0.2) is 31.1 Å². The van der Waals surface area contributed by atoms with E-state index in [1.54, 1.807) is 18.5 Å². The van der Waals surface area contributed by atoms with E-state index in [9.17, 15) is 4.79 Å². The SMILES string of the molecule is C=CCOC(=O)Nc1ccnc2cn[nH]c12. The van der Waals surface area contributed by atoms with E-state index in [1.807, 2.05) is 0 Å². The molecule has 2 aromatic heterocycles. The number of pyridine rings is 1. The van der Waals surface area contributed by atoms with Crippen molar-refractivity contribution in [1.29, 1.82) is 0 Å². The maximum Gasteiger partial charge on any atom is 0.412 e. The van der Waals surface area contributed by atoms with Gasteiger partial charge >= 0.3 is 6.09 Å². The molecule has 0 aliphatic carbocycles. The zero-order valence-corrected chi connectivity index (χ0v) is 8.43. The second-order valence-electron chi connectivity index (χ2n) is 3.00. The number of aromatic nitrogens is 3. The number of ether oxygens (including phenoxy) is 1. The third-order valence-electron chi connectivity index (χ3n) is 1.91. The molecule has 2 heterocycles. The highest BCUT2D eigenvalue weighted by Crippen LogP contribution is 2.18. The van der Waals surface area contributed by atoms with Gasteiger partial charge in [0.05, 0.1) is 11.9 Å². The van der Waals surface area contributed by atoms with Crippen molar-refractivity contribution in [2.45, 2.75) is 0 Å². The number of rotatable bonds is 3. The molecule has 16 heavy (non-hydrogen) atoms. The Hall–Kier alpha value is -2.37. The molecule has 0 aliphatic heterocycles. The normalized spacial score (nSPS) is 10.0. The van der Waals surface area contributed by atoms with Crippen LogP contribution in [0.2, 0.25) is 0 Å². The van der Waals surface area contributed by atoms with Crippen LogP contribution in [0.5, 0.6) is 0 Å². The van der Waals surface area contributed by atoms with Crippen molar-refractivity contribution in [2.75, 3.05) is 11.9 Å². The number of hydrogen-bond donors (Lipinski definition) is 2. The number of H-pyrrole nitrogens is 1. The largest absolute Gasteiger partial charge is 0.445 e. The van der Waals surface area contributed by atoms with Gasteiger partial charge in [-0.2, -0.15) is 5.10 Å². The van der Waals surface area contributed by atoms with Gasteiger partial charge < -0.3 is 4.74 Å². The first-order valence-corrected chi connectivity index (χ1v) is 4.64. The number of carbonyl (C=O) groups excluding carboxylic acids is 1. The second-order valence-corrected chi connectivity index (χ2v) is 3.00. The number of aromatic amines is 1. The monoisotopic (exact) mass is 218 g/mol. The van der Waals surface area contributed by atoms with Crippen molar-refractivity contribution in [3.8, 4) is 0 Å². The molecule has 2 N–H and O–H groups in total. The average Bonchev–Trinajstić information content (AvgIpc) is 2.75. The van der Waals surface area contributed by atoms with Gasteiger partial charge in [-0.1, -0.05) is 12.7 Å². The summed E-state index contributed by atoms with van der Waals surface area (Å²) in [5.74, 6) is 0. The Labute approximate surface area is 91.3 Å². The number of amides is 1. The van der Waals surface area contributed by atoms with Gasteiger partial charge in [-0.05, 0) is 6.07 Å². The number of nitrogens with one attached hydrogen (secondary N) is 2. The van der Waals surface area contributed by atoms with E-state index in [-0.39, 0.29) is 6.61 Å². The van der Waals surface area contributed by atoms with Crippen LogP contribution in [0.4, 0.5) is 10.5 Å². The summed E-state index contributed by atoms with van der Waals surface area (Å²) in [6.45, 7) is 3.62. The molecule has 0 atom stereocenters. The van der Waals surface area contributed by atoms with Crippen LogP contribution in [0, 0.1) is 0 Å². The maximum atomic E-state index is 11.3. The average molecular weight is 218 g/mol. The molecule has 1 amide bonds. The lowest BCUT2D eigenvalue weighted by atomic mass is 10.3. The van der Waals surface area contributed by atoms with Crippen LogP contribution in [-0.4, -0.2) is 27.9 Å². The van der Waals surface area contributed by atoms with Crippen molar-refractivity contribution < 1.29 is 9.53 Å². The quantitative estimate of drug-likeness (QED) is 0.768. The molecule has 0 unspecified atom stereocenters. The Morgan fingerprint density at radius 1 is 1.69 bits per heavy atom. The Kier molecular flexibility index (Phi) is 2.81. The zero-order valence-electron chi connectivity index (χ0n) is 8.43. The first kappa shape index (κ1) is 10.2. The molecule has 0 saturated heterocycles. The first-order chi connectivity index (χ1) is 7.81. The predicted molar refractivity (Wildman–Crippen MR) is 59.1 cm³/mol. The highest BCUT2D eigenvalue weighted by Gasteiger charge is 2.07. The minimum absolute atomic E-state index is 0.170. The fourth-order valence-electron chi connectivity index (χ4n) is 1.24. The van der Waals surface area contributed by atoms with Crippen LogP contribution in [0.3, 0.4) is 0 Å². The standard InChI is InChI=1S/C10H10N4O2/c1-2-5-16-10(15)13-7-3-4-11-8-6-12-14-9(7)8/h2-4,6H,1,5H2,(H,12,14)(H,11,13,15). The van der Waals surface area contributed by atoms with Gasteiger partial charge in [0.1, 0.15) is 17.6 Å². The van der Waals surface area contributed by atoms with Gasteiger partial charge in [0.2, 0.25) is 0 Å². The van der Waals surface area contributed by atoms with Gasteiger partial charge in [0.15, 0.2) is 0 Å². The molecular weight excluding hydrogens is 208 g/mol. The molecule has 0 spiro atoms. The molecular formula is C10H10N4O2. The highest BCUT2D eigenvalue weighted by atomic mass is 16.5. The zero-order chi connectivity index (χ0) is 11.4. The minimum atomic E-state index is -0.540. The molecule has 2 rings (SSSR count). The lowest BCUT2D eigenvalue weighted by Crippen LogP contribution is -2.13. The summed E-state index contributed by atoms with van der Waals surface area (Å²) < 4.78 is 4.80. The highest BCUT2D eigenvalue weighted by molar-refractivity contribution is 5.95. The van der Waals surface area contributed by atoms with E-state index in [1.165, 1.54) is 6.08 Å². The third kappa shape index (κ3) is 2.00. The smallest absolute Gasteiger partial charge is 0.412 e. The summed E-state index contributed by atoms with van der Waals surface area (Å²) in [4.78, 5) is 15.4. The van der Waals surface area contributed by atoms with Crippen LogP contribution in [0.25, 0.3) is 11.0 Å². The number of carbonyl (C=O) groups is 1. The maximum absolute atomic E-state index is 11.3.